The first-order valence-corrected chi connectivity index (χ1v) is 15.3. The molecule has 2 aliphatic rings. The Bertz CT molecular complexity index is 1630. The van der Waals surface area contributed by atoms with Gasteiger partial charge in [-0.2, -0.15) is 0 Å². The van der Waals surface area contributed by atoms with E-state index in [1.54, 1.807) is 43.3 Å². The Labute approximate surface area is 243 Å². The maximum Gasteiger partial charge on any atom is 0.410 e. The van der Waals surface area contributed by atoms with Crippen LogP contribution in [0.2, 0.25) is 5.02 Å². The maximum absolute atomic E-state index is 13.8. The zero-order valence-corrected chi connectivity index (χ0v) is 24.1. The Morgan fingerprint density at radius 1 is 1.12 bits per heavy atom. The number of ketones is 1. The van der Waals surface area contributed by atoms with Crippen molar-refractivity contribution in [3.8, 4) is 11.1 Å². The summed E-state index contributed by atoms with van der Waals surface area (Å²) in [6.45, 7) is 2.18. The minimum Gasteiger partial charge on any atom is -0.448 e. The van der Waals surface area contributed by atoms with Crippen molar-refractivity contribution >= 4 is 45.2 Å². The number of likely N-dealkylation sites (tertiary alicyclic amines) is 1. The maximum atomic E-state index is 13.8. The van der Waals surface area contributed by atoms with Crippen LogP contribution in [-0.4, -0.2) is 56.1 Å². The average molecular weight is 597 g/mol. The molecule has 2 fully saturated rings. The van der Waals surface area contributed by atoms with Gasteiger partial charge in [0, 0.05) is 22.8 Å². The molecule has 5 rings (SSSR count). The third kappa shape index (κ3) is 6.08. The Morgan fingerprint density at radius 3 is 2.61 bits per heavy atom. The zero-order chi connectivity index (χ0) is 29.4. The van der Waals surface area contributed by atoms with E-state index in [0.29, 0.717) is 52.4 Å². The molecule has 11 heteroatoms. The highest BCUT2D eigenvalue weighted by Gasteiger charge is 2.58. The third-order valence-electron chi connectivity index (χ3n) is 7.30. The second-order valence-electron chi connectivity index (χ2n) is 10.4. The minimum absolute atomic E-state index is 0.0767. The van der Waals surface area contributed by atoms with Crippen molar-refractivity contribution in [2.45, 2.75) is 37.9 Å². The van der Waals surface area contributed by atoms with Gasteiger partial charge in [0.1, 0.15) is 12.5 Å². The number of sulfonamides is 1. The van der Waals surface area contributed by atoms with E-state index < -0.39 is 39.4 Å². The number of benzene rings is 3. The fourth-order valence-electron chi connectivity index (χ4n) is 5.41. The summed E-state index contributed by atoms with van der Waals surface area (Å²) < 4.78 is 36.9. The normalized spacial score (nSPS) is 20.7. The molecule has 1 N–H and O–H groups in total. The van der Waals surface area contributed by atoms with E-state index in [2.05, 4.69) is 4.72 Å². The molecule has 2 atom stereocenters. The Kier molecular flexibility index (Phi) is 7.80. The number of rotatable bonds is 6. The van der Waals surface area contributed by atoms with Crippen molar-refractivity contribution in [1.82, 2.24) is 4.90 Å². The van der Waals surface area contributed by atoms with E-state index in [-0.39, 0.29) is 13.2 Å². The van der Waals surface area contributed by atoms with Crippen molar-refractivity contribution in [2.24, 2.45) is 0 Å². The highest BCUT2D eigenvalue weighted by molar-refractivity contribution is 7.92. The topological polar surface area (TPSA) is 119 Å². The summed E-state index contributed by atoms with van der Waals surface area (Å²) in [5, 5.41) is 0.290. The number of anilines is 1. The third-order valence-corrected chi connectivity index (χ3v) is 8.22. The molecule has 0 radical (unpaired) electrons. The van der Waals surface area contributed by atoms with Gasteiger partial charge in [-0.25, -0.2) is 13.2 Å². The lowest BCUT2D eigenvalue weighted by atomic mass is 9.81. The first-order valence-electron chi connectivity index (χ1n) is 13.1. The number of hydrogen-bond donors (Lipinski definition) is 1. The van der Waals surface area contributed by atoms with Crippen LogP contribution in [0.15, 0.2) is 66.7 Å². The van der Waals surface area contributed by atoms with E-state index in [9.17, 15) is 22.8 Å². The number of amides is 1. The molecule has 2 heterocycles. The monoisotopic (exact) mass is 596 g/mol. The Balaban J connectivity index is 1.36. The lowest BCUT2D eigenvalue weighted by Crippen LogP contribution is -2.54. The minimum atomic E-state index is -3.47. The summed E-state index contributed by atoms with van der Waals surface area (Å²) in [7, 11) is -3.47. The molecule has 1 spiro atoms. The summed E-state index contributed by atoms with van der Waals surface area (Å²) >= 11 is 6.65. The first-order chi connectivity index (χ1) is 19.5. The fraction of sp³-hybridized carbons (Fsp3) is 0.300. The van der Waals surface area contributed by atoms with Crippen molar-refractivity contribution in [3.05, 3.63) is 88.4 Å². The van der Waals surface area contributed by atoms with Crippen LogP contribution in [0.4, 0.5) is 10.5 Å². The molecule has 2 unspecified atom stereocenters. The summed E-state index contributed by atoms with van der Waals surface area (Å²) in [5.41, 5.74) is 2.12. The van der Waals surface area contributed by atoms with Crippen molar-refractivity contribution in [2.75, 3.05) is 24.1 Å². The molecule has 41 heavy (non-hydrogen) atoms. The quantitative estimate of drug-likeness (QED) is 0.312. The number of nitrogens with one attached hydrogen (secondary N) is 1. The van der Waals surface area contributed by atoms with Crippen molar-refractivity contribution in [1.29, 1.82) is 0 Å². The number of carbonyl (C=O) groups is 3. The van der Waals surface area contributed by atoms with E-state index in [1.807, 2.05) is 30.3 Å². The molecule has 0 aliphatic carbocycles. The van der Waals surface area contributed by atoms with Gasteiger partial charge in [0.25, 0.3) is 0 Å². The second-order valence-corrected chi connectivity index (χ2v) is 12.6. The highest BCUT2D eigenvalue weighted by atomic mass is 35.5. The van der Waals surface area contributed by atoms with E-state index in [1.165, 1.54) is 4.90 Å². The van der Waals surface area contributed by atoms with Gasteiger partial charge in [-0.15, -0.1) is 0 Å². The van der Waals surface area contributed by atoms with Crippen LogP contribution >= 0.6 is 11.6 Å². The molecule has 0 aromatic heterocycles. The lowest BCUT2D eigenvalue weighted by molar-refractivity contribution is -0.156. The SMILES string of the molecule is Cc1cc(-c2cccc(NS(C)(=O)=O)c2)c(Cl)cc1C1C(=O)OC2(CCCN(C(=O)OCc3ccccc3)C2)C1=O. The molecular weight excluding hydrogens is 568 g/mol. The largest absolute Gasteiger partial charge is 0.448 e. The van der Waals surface area contributed by atoms with Gasteiger partial charge in [-0.05, 0) is 66.3 Å². The molecule has 0 bridgehead atoms. The van der Waals surface area contributed by atoms with E-state index >= 15 is 0 Å². The number of nitrogens with zero attached hydrogens (tertiary/aromatic N) is 1. The van der Waals surface area contributed by atoms with Gasteiger partial charge in [0.2, 0.25) is 10.0 Å². The van der Waals surface area contributed by atoms with Gasteiger partial charge in [-0.1, -0.05) is 54.1 Å². The van der Waals surface area contributed by atoms with Crippen LogP contribution < -0.4 is 4.72 Å². The van der Waals surface area contributed by atoms with Crippen LogP contribution in [0.1, 0.15) is 35.4 Å². The number of esters is 1. The number of ether oxygens (including phenoxy) is 2. The first kappa shape index (κ1) is 28.6. The Morgan fingerprint density at radius 2 is 1.88 bits per heavy atom. The van der Waals surface area contributed by atoms with Gasteiger partial charge in [0.05, 0.1) is 12.8 Å². The molecule has 2 saturated heterocycles. The van der Waals surface area contributed by atoms with Crippen LogP contribution in [0.5, 0.6) is 0 Å². The number of piperidine rings is 1. The lowest BCUT2D eigenvalue weighted by Gasteiger charge is -2.37. The molecule has 0 saturated carbocycles. The Hall–Kier alpha value is -3.89. The predicted octanol–water partition coefficient (Wildman–Crippen LogP) is 5.07. The molecule has 9 nitrogen and oxygen atoms in total. The van der Waals surface area contributed by atoms with E-state index in [4.69, 9.17) is 21.1 Å². The molecular formula is C30H29ClN2O7S. The summed E-state index contributed by atoms with van der Waals surface area (Å²) in [4.78, 5) is 41.2. The standard InChI is InChI=1S/C30H29ClN2O7S/c1-19-14-24(21-10-6-11-22(15-21)32-41(2,37)38)25(31)16-23(19)26-27(34)30(40-28(26)35)12-7-13-33(18-30)29(36)39-17-20-8-4-3-5-9-20/h3-6,8-11,14-16,26,32H,7,12-13,17-18H2,1-2H3. The average Bonchev–Trinajstić information content (AvgIpc) is 3.16. The molecule has 1 amide bonds. The van der Waals surface area contributed by atoms with Gasteiger partial charge in [-0.3, -0.25) is 14.3 Å². The van der Waals surface area contributed by atoms with Gasteiger partial charge >= 0.3 is 12.1 Å². The number of hydrogen-bond acceptors (Lipinski definition) is 7. The van der Waals surface area contributed by atoms with E-state index in [0.717, 1.165) is 11.8 Å². The second kappa shape index (κ2) is 11.2. The summed E-state index contributed by atoms with van der Waals surface area (Å²) in [5.74, 6) is -2.27. The summed E-state index contributed by atoms with van der Waals surface area (Å²) in [6.07, 6.45) is 1.27. The smallest absolute Gasteiger partial charge is 0.410 e. The fourth-order valence-corrected chi connectivity index (χ4v) is 6.24. The van der Waals surface area contributed by atoms with Crippen LogP contribution in [0, 0.1) is 6.92 Å². The number of carbonyl (C=O) groups excluding carboxylic acids is 3. The predicted molar refractivity (Wildman–Crippen MR) is 154 cm³/mol. The van der Waals surface area contributed by atoms with Gasteiger partial charge in [0.15, 0.2) is 11.4 Å². The molecule has 2 aliphatic heterocycles. The van der Waals surface area contributed by atoms with Gasteiger partial charge < -0.3 is 14.4 Å². The van der Waals surface area contributed by atoms with Crippen LogP contribution in [-0.2, 0) is 35.7 Å². The molecule has 3 aromatic rings. The highest BCUT2D eigenvalue weighted by Crippen LogP contribution is 2.43. The number of halogens is 1. The van der Waals surface area contributed by atoms with Crippen LogP contribution in [0.3, 0.4) is 0 Å². The number of Topliss-reactive ketones (excluding diaryl/α,β-unsaturated/α-hetero) is 1. The molecule has 3 aromatic carbocycles. The summed E-state index contributed by atoms with van der Waals surface area (Å²) in [6, 6.07) is 19.4. The molecule has 214 valence electrons. The number of aryl methyl sites for hydroxylation is 1. The van der Waals surface area contributed by atoms with Crippen molar-refractivity contribution in [3.63, 3.8) is 0 Å². The zero-order valence-electron chi connectivity index (χ0n) is 22.6. The van der Waals surface area contributed by atoms with Crippen LogP contribution in [0.25, 0.3) is 11.1 Å². The van der Waals surface area contributed by atoms with Crippen molar-refractivity contribution < 1.29 is 32.3 Å².